The molecule has 0 unspecified atom stereocenters. The molecule has 1 aliphatic carbocycles. The first-order chi connectivity index (χ1) is 5.22. The van der Waals surface area contributed by atoms with Gasteiger partial charge in [-0.15, -0.1) is 0 Å². The standard InChI is InChI=1S/C9H11NO/c1-7(11)8-5-3-2-4-6-9(8)10/h2-3,5-6H,4,10H2,1H3. The van der Waals surface area contributed by atoms with Crippen LogP contribution >= 0.6 is 0 Å². The third-order valence-corrected chi connectivity index (χ3v) is 1.56. The van der Waals surface area contributed by atoms with Crippen LogP contribution in [0.25, 0.3) is 0 Å². The van der Waals surface area contributed by atoms with Crippen molar-refractivity contribution in [3.63, 3.8) is 0 Å². The molecule has 2 nitrogen and oxygen atoms in total. The van der Waals surface area contributed by atoms with Crippen molar-refractivity contribution >= 4 is 5.78 Å². The summed E-state index contributed by atoms with van der Waals surface area (Å²) in [6.45, 7) is 1.52. The number of hydrogen-bond acceptors (Lipinski definition) is 2. The smallest absolute Gasteiger partial charge is 0.161 e. The molecule has 0 radical (unpaired) electrons. The number of hydrogen-bond donors (Lipinski definition) is 1. The van der Waals surface area contributed by atoms with Crippen molar-refractivity contribution in [1.82, 2.24) is 0 Å². The van der Waals surface area contributed by atoms with Gasteiger partial charge in [0.15, 0.2) is 5.78 Å². The molecule has 0 aromatic heterocycles. The summed E-state index contributed by atoms with van der Waals surface area (Å²) in [6.07, 6.45) is 8.22. The van der Waals surface area contributed by atoms with Crippen LogP contribution in [0.4, 0.5) is 0 Å². The van der Waals surface area contributed by atoms with Gasteiger partial charge < -0.3 is 5.73 Å². The summed E-state index contributed by atoms with van der Waals surface area (Å²) >= 11 is 0. The molecule has 0 saturated carbocycles. The molecule has 0 atom stereocenters. The number of nitrogens with two attached hydrogens (primary N) is 1. The SMILES string of the molecule is CC(=O)C1=CC=CCC=C1N. The maximum Gasteiger partial charge on any atom is 0.161 e. The highest BCUT2D eigenvalue weighted by Crippen LogP contribution is 2.10. The number of carbonyl (C=O) groups excluding carboxylic acids is 1. The molecule has 1 rings (SSSR count). The molecule has 0 spiro atoms. The van der Waals surface area contributed by atoms with E-state index in [-0.39, 0.29) is 5.78 Å². The van der Waals surface area contributed by atoms with Crippen molar-refractivity contribution in [3.8, 4) is 0 Å². The van der Waals surface area contributed by atoms with Crippen LogP contribution in [0.3, 0.4) is 0 Å². The van der Waals surface area contributed by atoms with Gasteiger partial charge in [0.05, 0.1) is 0 Å². The third kappa shape index (κ3) is 1.80. The van der Waals surface area contributed by atoms with Gasteiger partial charge in [0.2, 0.25) is 0 Å². The second-order valence-electron chi connectivity index (χ2n) is 2.46. The molecular weight excluding hydrogens is 138 g/mol. The first kappa shape index (κ1) is 7.79. The Labute approximate surface area is 66.1 Å². The maximum atomic E-state index is 10.9. The van der Waals surface area contributed by atoms with Gasteiger partial charge in [-0.25, -0.2) is 0 Å². The Morgan fingerprint density at radius 1 is 1.64 bits per heavy atom. The van der Waals surface area contributed by atoms with Crippen molar-refractivity contribution in [3.05, 3.63) is 35.6 Å². The molecule has 2 N–H and O–H groups in total. The average molecular weight is 149 g/mol. The summed E-state index contributed by atoms with van der Waals surface area (Å²) < 4.78 is 0. The zero-order chi connectivity index (χ0) is 8.27. The van der Waals surface area contributed by atoms with Gasteiger partial charge in [0.25, 0.3) is 0 Å². The van der Waals surface area contributed by atoms with E-state index in [2.05, 4.69) is 0 Å². The minimum absolute atomic E-state index is 0.0188. The molecule has 0 aliphatic heterocycles. The fourth-order valence-corrected chi connectivity index (χ4v) is 0.965. The number of ketones is 1. The molecular formula is C9H11NO. The van der Waals surface area contributed by atoms with E-state index in [0.717, 1.165) is 6.42 Å². The fraction of sp³-hybridized carbons (Fsp3) is 0.222. The van der Waals surface area contributed by atoms with Crippen LogP contribution in [0.2, 0.25) is 0 Å². The second kappa shape index (κ2) is 3.19. The Morgan fingerprint density at radius 2 is 2.36 bits per heavy atom. The minimum Gasteiger partial charge on any atom is -0.398 e. The van der Waals surface area contributed by atoms with Gasteiger partial charge in [-0.1, -0.05) is 18.2 Å². The summed E-state index contributed by atoms with van der Waals surface area (Å²) in [7, 11) is 0. The lowest BCUT2D eigenvalue weighted by atomic mass is 10.1. The van der Waals surface area contributed by atoms with E-state index in [4.69, 9.17) is 5.73 Å². The maximum absolute atomic E-state index is 10.9. The van der Waals surface area contributed by atoms with E-state index in [1.807, 2.05) is 18.2 Å². The first-order valence-electron chi connectivity index (χ1n) is 3.55. The van der Waals surface area contributed by atoms with Crippen molar-refractivity contribution in [1.29, 1.82) is 0 Å². The Morgan fingerprint density at radius 3 is 3.00 bits per heavy atom. The summed E-state index contributed by atoms with van der Waals surface area (Å²) in [5, 5.41) is 0. The molecule has 0 amide bonds. The highest BCUT2D eigenvalue weighted by atomic mass is 16.1. The van der Waals surface area contributed by atoms with Crippen molar-refractivity contribution < 1.29 is 4.79 Å². The van der Waals surface area contributed by atoms with Crippen LogP contribution in [-0.2, 0) is 4.79 Å². The van der Waals surface area contributed by atoms with Gasteiger partial charge in [0.1, 0.15) is 0 Å². The fourth-order valence-electron chi connectivity index (χ4n) is 0.965. The second-order valence-corrected chi connectivity index (χ2v) is 2.46. The van der Waals surface area contributed by atoms with Gasteiger partial charge >= 0.3 is 0 Å². The Balaban J connectivity index is 2.98. The van der Waals surface area contributed by atoms with E-state index < -0.39 is 0 Å². The quantitative estimate of drug-likeness (QED) is 0.610. The minimum atomic E-state index is 0.0188. The lowest BCUT2D eigenvalue weighted by Crippen LogP contribution is -2.07. The van der Waals surface area contributed by atoms with Crippen LogP contribution in [0, 0.1) is 0 Å². The Kier molecular flexibility index (Phi) is 2.26. The Hall–Kier alpha value is -1.31. The van der Waals surface area contributed by atoms with E-state index in [1.54, 1.807) is 6.08 Å². The Bertz CT molecular complexity index is 259. The van der Waals surface area contributed by atoms with Crippen LogP contribution in [-0.4, -0.2) is 5.78 Å². The van der Waals surface area contributed by atoms with E-state index in [1.165, 1.54) is 6.92 Å². The third-order valence-electron chi connectivity index (χ3n) is 1.56. The summed E-state index contributed by atoms with van der Waals surface area (Å²) in [5.74, 6) is 0.0188. The predicted molar refractivity (Wildman–Crippen MR) is 44.8 cm³/mol. The number of carbonyl (C=O) groups is 1. The molecule has 0 saturated heterocycles. The molecule has 11 heavy (non-hydrogen) atoms. The van der Waals surface area contributed by atoms with Gasteiger partial charge in [-0.2, -0.15) is 0 Å². The first-order valence-corrected chi connectivity index (χ1v) is 3.55. The summed E-state index contributed by atoms with van der Waals surface area (Å²) in [4.78, 5) is 10.9. The molecule has 0 heterocycles. The molecule has 0 aromatic rings. The normalized spacial score (nSPS) is 16.8. The predicted octanol–water partition coefficient (Wildman–Crippen LogP) is 1.30. The van der Waals surface area contributed by atoms with Crippen LogP contribution in [0.5, 0.6) is 0 Å². The number of allylic oxidation sites excluding steroid dienone is 5. The lowest BCUT2D eigenvalue weighted by Gasteiger charge is -1.99. The molecule has 1 aliphatic rings. The highest BCUT2D eigenvalue weighted by Gasteiger charge is 2.05. The van der Waals surface area contributed by atoms with Crippen molar-refractivity contribution in [2.45, 2.75) is 13.3 Å². The molecule has 0 fully saturated rings. The summed E-state index contributed by atoms with van der Waals surface area (Å²) in [6, 6.07) is 0. The van der Waals surface area contributed by atoms with E-state index in [9.17, 15) is 4.79 Å². The van der Waals surface area contributed by atoms with Crippen LogP contribution in [0.1, 0.15) is 13.3 Å². The monoisotopic (exact) mass is 149 g/mol. The van der Waals surface area contributed by atoms with Gasteiger partial charge in [-0.05, 0) is 19.4 Å². The average Bonchev–Trinajstić information content (AvgIpc) is 2.13. The van der Waals surface area contributed by atoms with Gasteiger partial charge in [0, 0.05) is 11.3 Å². The lowest BCUT2D eigenvalue weighted by molar-refractivity contribution is -0.113. The van der Waals surface area contributed by atoms with E-state index >= 15 is 0 Å². The number of rotatable bonds is 1. The van der Waals surface area contributed by atoms with Crippen LogP contribution in [0.15, 0.2) is 35.6 Å². The highest BCUT2D eigenvalue weighted by molar-refractivity contribution is 5.97. The topological polar surface area (TPSA) is 43.1 Å². The van der Waals surface area contributed by atoms with E-state index in [0.29, 0.717) is 11.3 Å². The summed E-state index contributed by atoms with van der Waals surface area (Å²) in [5.41, 5.74) is 6.81. The van der Waals surface area contributed by atoms with Crippen LogP contribution < -0.4 is 5.73 Å². The van der Waals surface area contributed by atoms with Crippen molar-refractivity contribution in [2.75, 3.05) is 0 Å². The van der Waals surface area contributed by atoms with Crippen molar-refractivity contribution in [2.24, 2.45) is 5.73 Å². The molecule has 58 valence electrons. The zero-order valence-electron chi connectivity index (χ0n) is 6.50. The molecule has 2 heteroatoms. The number of Topliss-reactive ketones (excluding diaryl/α,β-unsaturated/α-hetero) is 1. The van der Waals surface area contributed by atoms with Gasteiger partial charge in [-0.3, -0.25) is 4.79 Å². The largest absolute Gasteiger partial charge is 0.398 e. The molecule has 0 aromatic carbocycles. The zero-order valence-corrected chi connectivity index (χ0v) is 6.50. The molecule has 0 bridgehead atoms.